The summed E-state index contributed by atoms with van der Waals surface area (Å²) in [5.74, 6) is 0. The quantitative estimate of drug-likeness (QED) is 0.557. The van der Waals surface area contributed by atoms with E-state index in [1.54, 1.807) is 0 Å². The van der Waals surface area contributed by atoms with Crippen LogP contribution in [-0.2, 0) is 10.0 Å². The van der Waals surface area contributed by atoms with Crippen molar-refractivity contribution >= 4 is 43.9 Å². The largest absolute Gasteiger partial charge is 0.267 e. The maximum absolute atomic E-state index is 10.6. The van der Waals surface area contributed by atoms with E-state index in [0.29, 0.717) is 0 Å². The van der Waals surface area contributed by atoms with Crippen molar-refractivity contribution in [2.75, 3.05) is 0 Å². The first-order chi connectivity index (χ1) is 5.54. The van der Waals surface area contributed by atoms with Gasteiger partial charge in [-0.25, -0.2) is 13.6 Å². The normalized spacial score (nSPS) is 10.8. The lowest BCUT2D eigenvalue weighted by atomic mass is 11.2. The summed E-state index contributed by atoms with van der Waals surface area (Å²) in [6, 6.07) is 0. The van der Waals surface area contributed by atoms with E-state index >= 15 is 0 Å². The van der Waals surface area contributed by atoms with E-state index in [0.717, 1.165) is 11.3 Å². The van der Waals surface area contributed by atoms with Crippen LogP contribution in [0.15, 0.2) is 9.33 Å². The first-order valence-corrected chi connectivity index (χ1v) is 5.25. The van der Waals surface area contributed by atoms with Crippen LogP contribution in [-0.4, -0.2) is 23.8 Å². The van der Waals surface area contributed by atoms with Gasteiger partial charge in [-0.2, -0.15) is 4.99 Å². The minimum absolute atomic E-state index is 0.119. The Balaban J connectivity index is 3.16. The molecule has 0 aliphatic rings. The Morgan fingerprint density at radius 2 is 2.25 bits per heavy atom. The third-order valence-electron chi connectivity index (χ3n) is 0.780. The van der Waals surface area contributed by atoms with Gasteiger partial charge in [0.2, 0.25) is 9.47 Å². The van der Waals surface area contributed by atoms with Crippen LogP contribution in [0.2, 0.25) is 0 Å². The molecular formula is C3H2N4O2S3. The molecule has 64 valence electrons. The first kappa shape index (κ1) is 9.36. The average molecular weight is 222 g/mol. The van der Waals surface area contributed by atoms with E-state index in [4.69, 9.17) is 5.14 Å². The molecule has 0 aliphatic carbocycles. The van der Waals surface area contributed by atoms with E-state index in [1.807, 2.05) is 5.16 Å². The van der Waals surface area contributed by atoms with Crippen LogP contribution in [0.25, 0.3) is 0 Å². The number of isothiocyanates is 1. The Morgan fingerprint density at radius 1 is 1.58 bits per heavy atom. The van der Waals surface area contributed by atoms with Gasteiger partial charge < -0.3 is 0 Å². The van der Waals surface area contributed by atoms with Gasteiger partial charge >= 0.3 is 0 Å². The molecule has 0 aliphatic heterocycles. The third-order valence-corrected chi connectivity index (χ3v) is 3.00. The average Bonchev–Trinajstić information content (AvgIpc) is 2.35. The Labute approximate surface area is 77.2 Å². The molecule has 0 unspecified atom stereocenters. The molecule has 2 N–H and O–H groups in total. The zero-order chi connectivity index (χ0) is 9.19. The van der Waals surface area contributed by atoms with Crippen molar-refractivity contribution in [3.63, 3.8) is 0 Å². The van der Waals surface area contributed by atoms with E-state index in [9.17, 15) is 8.42 Å². The summed E-state index contributed by atoms with van der Waals surface area (Å²) in [5.41, 5.74) is 0. The fraction of sp³-hybridized carbons (Fsp3) is 0. The standard InChI is InChI=1S/C3H2N4O2S3/c4-12(8,9)3-7-6-2(11-3)5-1-10/h(H2,4,8,9). The van der Waals surface area contributed by atoms with Crippen LogP contribution >= 0.6 is 23.6 Å². The molecule has 6 nitrogen and oxygen atoms in total. The monoisotopic (exact) mass is 222 g/mol. The minimum Gasteiger partial charge on any atom is -0.223 e. The van der Waals surface area contributed by atoms with Crippen LogP contribution in [0, 0.1) is 0 Å². The SMILES string of the molecule is NS(=O)(=O)c1nnc(N=C=S)s1. The van der Waals surface area contributed by atoms with Gasteiger partial charge in [0.25, 0.3) is 10.0 Å². The number of aromatic nitrogens is 2. The molecule has 1 aromatic rings. The number of sulfonamides is 1. The molecule has 9 heteroatoms. The molecule has 12 heavy (non-hydrogen) atoms. The molecule has 1 aromatic heterocycles. The fourth-order valence-electron chi connectivity index (χ4n) is 0.402. The highest BCUT2D eigenvalue weighted by Crippen LogP contribution is 2.20. The summed E-state index contributed by atoms with van der Waals surface area (Å²) >= 11 is 5.01. The second-order valence-electron chi connectivity index (χ2n) is 1.60. The Kier molecular flexibility index (Phi) is 2.60. The highest BCUT2D eigenvalue weighted by atomic mass is 32.2. The van der Waals surface area contributed by atoms with Crippen LogP contribution < -0.4 is 5.14 Å². The highest BCUT2D eigenvalue weighted by molar-refractivity contribution is 7.91. The lowest BCUT2D eigenvalue weighted by molar-refractivity contribution is 0.596. The van der Waals surface area contributed by atoms with Gasteiger partial charge in [-0.05, 0) is 12.2 Å². The number of primary sulfonamides is 1. The summed E-state index contributed by atoms with van der Waals surface area (Å²) in [6.45, 7) is 0. The fourth-order valence-corrected chi connectivity index (χ4v) is 1.80. The summed E-state index contributed by atoms with van der Waals surface area (Å²) in [5, 5.41) is 13.6. The topological polar surface area (TPSA) is 98.3 Å². The van der Waals surface area contributed by atoms with E-state index in [-0.39, 0.29) is 9.47 Å². The van der Waals surface area contributed by atoms with Crippen molar-refractivity contribution < 1.29 is 8.42 Å². The summed E-state index contributed by atoms with van der Waals surface area (Å²) < 4.78 is 21.0. The second-order valence-corrected chi connectivity index (χ2v) is 4.47. The maximum atomic E-state index is 10.6. The summed E-state index contributed by atoms with van der Waals surface area (Å²) in [4.78, 5) is 3.43. The molecule has 1 heterocycles. The van der Waals surface area contributed by atoms with E-state index in [1.165, 1.54) is 0 Å². The van der Waals surface area contributed by atoms with Gasteiger partial charge in [0.15, 0.2) is 0 Å². The molecule has 0 atom stereocenters. The maximum Gasteiger partial charge on any atom is 0.267 e. The Morgan fingerprint density at radius 3 is 2.67 bits per heavy atom. The number of nitrogens with zero attached hydrogens (tertiary/aromatic N) is 3. The number of aliphatic imine (C=N–C) groups is 1. The van der Waals surface area contributed by atoms with Gasteiger partial charge in [-0.15, -0.1) is 10.2 Å². The van der Waals surface area contributed by atoms with Crippen molar-refractivity contribution in [3.05, 3.63) is 0 Å². The molecule has 0 amide bonds. The van der Waals surface area contributed by atoms with Crippen molar-refractivity contribution in [2.45, 2.75) is 4.34 Å². The number of hydrogen-bond donors (Lipinski definition) is 1. The van der Waals surface area contributed by atoms with E-state index in [2.05, 4.69) is 27.4 Å². The molecule has 1 rings (SSSR count). The van der Waals surface area contributed by atoms with Gasteiger partial charge in [0.1, 0.15) is 0 Å². The molecule has 0 radical (unpaired) electrons. The molecule has 0 saturated heterocycles. The summed E-state index contributed by atoms with van der Waals surface area (Å²) in [7, 11) is -3.78. The smallest absolute Gasteiger partial charge is 0.223 e. The molecule has 0 saturated carbocycles. The van der Waals surface area contributed by atoms with Crippen LogP contribution in [0.3, 0.4) is 0 Å². The predicted octanol–water partition coefficient (Wildman–Crippen LogP) is -0.0802. The van der Waals surface area contributed by atoms with Gasteiger partial charge in [0.05, 0.1) is 5.16 Å². The lowest BCUT2D eigenvalue weighted by Gasteiger charge is -1.83. The molecule has 0 spiro atoms. The Hall–Kier alpha value is -0.730. The van der Waals surface area contributed by atoms with Crippen LogP contribution in [0.4, 0.5) is 5.13 Å². The van der Waals surface area contributed by atoms with Crippen LogP contribution in [0.1, 0.15) is 0 Å². The third kappa shape index (κ3) is 2.13. The Bertz CT molecular complexity index is 428. The molecular weight excluding hydrogens is 220 g/mol. The number of thiocarbonyl (C=S) groups is 1. The lowest BCUT2D eigenvalue weighted by Crippen LogP contribution is -2.11. The number of rotatable bonds is 2. The number of hydrogen-bond acceptors (Lipinski definition) is 7. The molecule has 0 aromatic carbocycles. The zero-order valence-electron chi connectivity index (χ0n) is 5.46. The van der Waals surface area contributed by atoms with Gasteiger partial charge in [-0.3, -0.25) is 0 Å². The van der Waals surface area contributed by atoms with Crippen molar-refractivity contribution in [3.8, 4) is 0 Å². The van der Waals surface area contributed by atoms with Crippen molar-refractivity contribution in [1.29, 1.82) is 0 Å². The van der Waals surface area contributed by atoms with Crippen LogP contribution in [0.5, 0.6) is 0 Å². The van der Waals surface area contributed by atoms with Gasteiger partial charge in [-0.1, -0.05) is 11.3 Å². The zero-order valence-corrected chi connectivity index (χ0v) is 7.91. The highest BCUT2D eigenvalue weighted by Gasteiger charge is 2.14. The molecule has 0 fully saturated rings. The molecule has 0 bridgehead atoms. The van der Waals surface area contributed by atoms with Crippen molar-refractivity contribution in [1.82, 2.24) is 10.2 Å². The predicted molar refractivity (Wildman–Crippen MR) is 46.0 cm³/mol. The van der Waals surface area contributed by atoms with E-state index < -0.39 is 10.0 Å². The second kappa shape index (κ2) is 3.33. The minimum atomic E-state index is -3.78. The van der Waals surface area contributed by atoms with Gasteiger partial charge in [0, 0.05) is 0 Å². The summed E-state index contributed by atoms with van der Waals surface area (Å²) in [6.07, 6.45) is 0. The number of nitrogens with two attached hydrogens (primary N) is 1. The first-order valence-electron chi connectivity index (χ1n) is 2.48. The van der Waals surface area contributed by atoms with Crippen molar-refractivity contribution in [2.24, 2.45) is 10.1 Å².